The number of fused-ring (bicyclic) bond motifs is 6. The molecule has 180 valence electrons. The van der Waals surface area contributed by atoms with E-state index in [2.05, 4.69) is 54.5 Å². The van der Waals surface area contributed by atoms with E-state index in [1.54, 1.807) is 5.57 Å². The normalized spacial score (nSPS) is 51.9. The third kappa shape index (κ3) is 2.89. The summed E-state index contributed by atoms with van der Waals surface area (Å²) in [7, 11) is 0. The zero-order valence-corrected chi connectivity index (χ0v) is 21.9. The van der Waals surface area contributed by atoms with Crippen LogP contribution in [0.15, 0.2) is 11.6 Å². The van der Waals surface area contributed by atoms with E-state index in [4.69, 9.17) is 0 Å². The minimum Gasteiger partial charge on any atom is -0.393 e. The van der Waals surface area contributed by atoms with Gasteiger partial charge in [-0.2, -0.15) is 0 Å². The highest BCUT2D eigenvalue weighted by Crippen LogP contribution is 2.69. The van der Waals surface area contributed by atoms with Crippen molar-refractivity contribution in [3.8, 4) is 0 Å². The third-order valence-corrected chi connectivity index (χ3v) is 12.6. The zero-order valence-electron chi connectivity index (χ0n) is 21.9. The Morgan fingerprint density at radius 1 is 0.812 bits per heavy atom. The topological polar surface area (TPSA) is 37.3 Å². The van der Waals surface area contributed by atoms with Gasteiger partial charge in [-0.3, -0.25) is 4.79 Å². The van der Waals surface area contributed by atoms with Crippen LogP contribution >= 0.6 is 0 Å². The molecular formula is C30H48O2. The van der Waals surface area contributed by atoms with Gasteiger partial charge in [-0.25, -0.2) is 0 Å². The monoisotopic (exact) mass is 440 g/mol. The van der Waals surface area contributed by atoms with Gasteiger partial charge in [0, 0.05) is 11.8 Å². The molecule has 0 aromatic heterocycles. The van der Waals surface area contributed by atoms with Gasteiger partial charge in [0.15, 0.2) is 0 Å². The van der Waals surface area contributed by atoms with Crippen LogP contribution in [-0.2, 0) is 4.79 Å². The SMILES string of the molecule is CC1(C)C(=O)CC[C@@]2(C)[C@H]1CC[C@@]1(C)CC3=CC[C@H]4C(C)(C)[C@@H](O)CC[C@]4(C)[C@H]3CC[C@@H]12. The maximum absolute atomic E-state index is 12.9. The van der Waals surface area contributed by atoms with Crippen LogP contribution in [0, 0.1) is 50.7 Å². The second kappa shape index (κ2) is 6.96. The summed E-state index contributed by atoms with van der Waals surface area (Å²) in [6.45, 7) is 16.9. The molecule has 0 heterocycles. The number of hydrogen-bond acceptors (Lipinski definition) is 2. The fourth-order valence-corrected chi connectivity index (χ4v) is 10.8. The van der Waals surface area contributed by atoms with E-state index in [-0.39, 0.29) is 16.9 Å². The van der Waals surface area contributed by atoms with Crippen molar-refractivity contribution < 1.29 is 9.90 Å². The molecule has 0 saturated heterocycles. The summed E-state index contributed by atoms with van der Waals surface area (Å²) < 4.78 is 0. The molecule has 0 unspecified atom stereocenters. The number of rotatable bonds is 0. The van der Waals surface area contributed by atoms with E-state index in [1.165, 1.54) is 38.5 Å². The van der Waals surface area contributed by atoms with E-state index >= 15 is 0 Å². The molecular weight excluding hydrogens is 392 g/mol. The summed E-state index contributed by atoms with van der Waals surface area (Å²) in [5, 5.41) is 10.8. The summed E-state index contributed by atoms with van der Waals surface area (Å²) in [5.74, 6) is 3.02. The molecule has 32 heavy (non-hydrogen) atoms. The highest BCUT2D eigenvalue weighted by molar-refractivity contribution is 5.85. The Morgan fingerprint density at radius 3 is 2.25 bits per heavy atom. The lowest BCUT2D eigenvalue weighted by atomic mass is 9.42. The number of hydrogen-bond donors (Lipinski definition) is 1. The molecule has 0 bridgehead atoms. The summed E-state index contributed by atoms with van der Waals surface area (Å²) >= 11 is 0. The molecule has 4 fully saturated rings. The second-order valence-electron chi connectivity index (χ2n) is 14.7. The number of Topliss-reactive ketones (excluding diaryl/α,β-unsaturated/α-hetero) is 1. The molecule has 0 amide bonds. The molecule has 0 aliphatic heterocycles. The van der Waals surface area contributed by atoms with Crippen molar-refractivity contribution in [2.45, 2.75) is 119 Å². The van der Waals surface area contributed by atoms with Gasteiger partial charge in [-0.05, 0) is 103 Å². The van der Waals surface area contributed by atoms with Gasteiger partial charge >= 0.3 is 0 Å². The molecule has 4 saturated carbocycles. The molecule has 5 aliphatic carbocycles. The Labute approximate surface area is 197 Å². The predicted molar refractivity (Wildman–Crippen MR) is 131 cm³/mol. The molecule has 2 nitrogen and oxygen atoms in total. The Hall–Kier alpha value is -0.630. The van der Waals surface area contributed by atoms with Crippen LogP contribution in [0.4, 0.5) is 0 Å². The highest BCUT2D eigenvalue weighted by Gasteiger charge is 2.63. The summed E-state index contributed by atoms with van der Waals surface area (Å²) in [6, 6.07) is 0. The third-order valence-electron chi connectivity index (χ3n) is 12.6. The van der Waals surface area contributed by atoms with Crippen LogP contribution < -0.4 is 0 Å². The first-order chi connectivity index (χ1) is 14.8. The first-order valence-electron chi connectivity index (χ1n) is 13.7. The number of ketones is 1. The minimum absolute atomic E-state index is 0.00280. The molecule has 5 rings (SSSR count). The van der Waals surface area contributed by atoms with Gasteiger partial charge in [0.1, 0.15) is 5.78 Å². The molecule has 1 N–H and O–H groups in total. The number of carbonyl (C=O) groups excluding carboxylic acids is 1. The Morgan fingerprint density at radius 2 is 1.53 bits per heavy atom. The van der Waals surface area contributed by atoms with Crippen molar-refractivity contribution in [3.05, 3.63) is 11.6 Å². The minimum atomic E-state index is -0.164. The molecule has 0 spiro atoms. The van der Waals surface area contributed by atoms with Crippen LogP contribution in [0.25, 0.3) is 0 Å². The van der Waals surface area contributed by atoms with Crippen molar-refractivity contribution in [1.82, 2.24) is 0 Å². The lowest BCUT2D eigenvalue weighted by Crippen LogP contribution is -2.57. The van der Waals surface area contributed by atoms with Crippen molar-refractivity contribution >= 4 is 5.78 Å². The van der Waals surface area contributed by atoms with Gasteiger partial charge in [-0.15, -0.1) is 0 Å². The number of aliphatic hydroxyl groups excluding tert-OH is 1. The van der Waals surface area contributed by atoms with Crippen molar-refractivity contribution in [2.75, 3.05) is 0 Å². The number of aliphatic hydroxyl groups is 1. The Kier molecular flexibility index (Phi) is 5.03. The molecule has 2 heteroatoms. The molecule has 0 radical (unpaired) electrons. The number of allylic oxidation sites excluding steroid dienone is 2. The van der Waals surface area contributed by atoms with Gasteiger partial charge in [0.05, 0.1) is 6.10 Å². The highest BCUT2D eigenvalue weighted by atomic mass is 16.3. The maximum atomic E-state index is 12.9. The van der Waals surface area contributed by atoms with E-state index in [0.29, 0.717) is 39.8 Å². The van der Waals surface area contributed by atoms with Gasteiger partial charge < -0.3 is 5.11 Å². The van der Waals surface area contributed by atoms with Crippen LogP contribution in [0.3, 0.4) is 0 Å². The van der Waals surface area contributed by atoms with E-state index < -0.39 is 0 Å². The first-order valence-corrected chi connectivity index (χ1v) is 13.7. The largest absolute Gasteiger partial charge is 0.393 e. The summed E-state index contributed by atoms with van der Waals surface area (Å²) in [4.78, 5) is 12.9. The maximum Gasteiger partial charge on any atom is 0.138 e. The standard InChI is InChI=1S/C30H48O2/c1-26(2)21-10-8-19-18-28(5)15-12-22-27(3,4)25(32)14-17-30(22,7)23(28)11-9-20(19)29(21,6)16-13-24(26)31/h8,20-24,31H,9-18H2,1-7H3/t20-,21-,22-,23-,24-,28-,29+,30-/m0/s1. The number of carbonyl (C=O) groups is 1. The van der Waals surface area contributed by atoms with Crippen molar-refractivity contribution in [3.63, 3.8) is 0 Å². The molecule has 0 aromatic rings. The summed E-state index contributed by atoms with van der Waals surface area (Å²) in [6.07, 6.45) is 14.0. The molecule has 5 aliphatic rings. The average molecular weight is 441 g/mol. The lowest BCUT2D eigenvalue weighted by Gasteiger charge is -2.62. The van der Waals surface area contributed by atoms with Gasteiger partial charge in [0.2, 0.25) is 0 Å². The quantitative estimate of drug-likeness (QED) is 0.400. The summed E-state index contributed by atoms with van der Waals surface area (Å²) in [5.41, 5.74) is 2.58. The zero-order chi connectivity index (χ0) is 23.3. The van der Waals surface area contributed by atoms with Crippen molar-refractivity contribution in [2.24, 2.45) is 50.7 Å². The average Bonchev–Trinajstić information content (AvgIpc) is 2.86. The van der Waals surface area contributed by atoms with Crippen LogP contribution in [0.2, 0.25) is 0 Å². The molecule has 8 atom stereocenters. The van der Waals surface area contributed by atoms with Crippen LogP contribution in [0.5, 0.6) is 0 Å². The van der Waals surface area contributed by atoms with Crippen LogP contribution in [-0.4, -0.2) is 17.0 Å². The first kappa shape index (κ1) is 23.1. The smallest absolute Gasteiger partial charge is 0.138 e. The van der Waals surface area contributed by atoms with Gasteiger partial charge in [-0.1, -0.05) is 60.1 Å². The van der Waals surface area contributed by atoms with Gasteiger partial charge in [0.25, 0.3) is 0 Å². The second-order valence-corrected chi connectivity index (χ2v) is 14.7. The Balaban J connectivity index is 1.51. The van der Waals surface area contributed by atoms with E-state index in [9.17, 15) is 9.90 Å². The van der Waals surface area contributed by atoms with Crippen LogP contribution in [0.1, 0.15) is 113 Å². The van der Waals surface area contributed by atoms with Crippen molar-refractivity contribution in [1.29, 1.82) is 0 Å². The molecule has 0 aromatic carbocycles. The fourth-order valence-electron chi connectivity index (χ4n) is 10.8. The van der Waals surface area contributed by atoms with E-state index in [1.807, 2.05) is 0 Å². The Bertz CT molecular complexity index is 836. The van der Waals surface area contributed by atoms with E-state index in [0.717, 1.165) is 31.6 Å². The lowest BCUT2D eigenvalue weighted by molar-refractivity contribution is -0.159. The fraction of sp³-hybridized carbons (Fsp3) is 0.900. The predicted octanol–water partition coefficient (Wildman–Crippen LogP) is 7.35.